The number of hydrogen-bond acceptors (Lipinski definition) is 4. The summed E-state index contributed by atoms with van der Waals surface area (Å²) in [5.74, 6) is -1.03. The Labute approximate surface area is 101 Å². The summed E-state index contributed by atoms with van der Waals surface area (Å²) in [5.41, 5.74) is 0. The predicted molar refractivity (Wildman–Crippen MR) is 55.5 cm³/mol. The molecule has 1 aromatic carbocycles. The van der Waals surface area contributed by atoms with Crippen molar-refractivity contribution in [3.8, 4) is 11.5 Å². The molecule has 4 nitrogen and oxygen atoms in total. The van der Waals surface area contributed by atoms with Crippen LogP contribution in [0.2, 0.25) is 0 Å². The van der Waals surface area contributed by atoms with E-state index in [0.717, 1.165) is 6.07 Å². The molecule has 0 spiro atoms. The fraction of sp³-hybridized carbons (Fsp3) is 0.364. The molecule has 0 N–H and O–H groups in total. The molecule has 0 aliphatic rings. The summed E-state index contributed by atoms with van der Waals surface area (Å²) in [4.78, 5) is 11.1. The van der Waals surface area contributed by atoms with E-state index >= 15 is 0 Å². The molecule has 0 saturated heterocycles. The number of alkyl halides is 3. The maximum absolute atomic E-state index is 12.1. The van der Waals surface area contributed by atoms with Gasteiger partial charge in [0.2, 0.25) is 0 Å². The van der Waals surface area contributed by atoms with Crippen LogP contribution in [0.25, 0.3) is 0 Å². The van der Waals surface area contributed by atoms with Crippen LogP contribution in [0.3, 0.4) is 0 Å². The quantitative estimate of drug-likeness (QED) is 0.790. The first-order valence-electron chi connectivity index (χ1n) is 4.90. The molecule has 0 heterocycles. The topological polar surface area (TPSA) is 44.8 Å². The highest BCUT2D eigenvalue weighted by atomic mass is 19.4. The molecule has 0 fully saturated rings. The molecule has 0 unspecified atom stereocenters. The number of para-hydroxylation sites is 2. The second-order valence-corrected chi connectivity index (χ2v) is 3.25. The Morgan fingerprint density at radius 3 is 2.33 bits per heavy atom. The SMILES string of the molecule is COCC(=O)COc1ccccc1OC(F)(F)F. The number of carbonyl (C=O) groups excluding carboxylic acids is 1. The van der Waals surface area contributed by atoms with E-state index in [1.54, 1.807) is 0 Å². The average Bonchev–Trinajstić information content (AvgIpc) is 2.26. The molecular formula is C11H11F3O4. The van der Waals surface area contributed by atoms with Crippen LogP contribution in [0.5, 0.6) is 11.5 Å². The van der Waals surface area contributed by atoms with Gasteiger partial charge in [0.05, 0.1) is 0 Å². The summed E-state index contributed by atoms with van der Waals surface area (Å²) in [6.45, 7) is -0.547. The van der Waals surface area contributed by atoms with Crippen molar-refractivity contribution >= 4 is 5.78 Å². The minimum atomic E-state index is -4.81. The first-order valence-corrected chi connectivity index (χ1v) is 4.90. The van der Waals surface area contributed by atoms with Crippen molar-refractivity contribution in [3.63, 3.8) is 0 Å². The molecule has 0 aliphatic heterocycles. The Morgan fingerprint density at radius 1 is 1.17 bits per heavy atom. The van der Waals surface area contributed by atoms with Gasteiger partial charge in [0, 0.05) is 7.11 Å². The van der Waals surface area contributed by atoms with E-state index in [1.807, 2.05) is 0 Å². The number of ketones is 1. The molecule has 18 heavy (non-hydrogen) atoms. The average molecular weight is 264 g/mol. The summed E-state index contributed by atoms with van der Waals surface area (Å²) >= 11 is 0. The van der Waals surface area contributed by atoms with E-state index in [9.17, 15) is 18.0 Å². The van der Waals surface area contributed by atoms with Crippen molar-refractivity contribution in [1.82, 2.24) is 0 Å². The highest BCUT2D eigenvalue weighted by Gasteiger charge is 2.32. The summed E-state index contributed by atoms with van der Waals surface area (Å²) < 4.78 is 49.5. The van der Waals surface area contributed by atoms with Gasteiger partial charge >= 0.3 is 6.36 Å². The van der Waals surface area contributed by atoms with Gasteiger partial charge in [-0.05, 0) is 12.1 Å². The van der Waals surface area contributed by atoms with E-state index in [-0.39, 0.29) is 24.7 Å². The highest BCUT2D eigenvalue weighted by Crippen LogP contribution is 2.31. The lowest BCUT2D eigenvalue weighted by molar-refractivity contribution is -0.275. The molecule has 0 aliphatic carbocycles. The highest BCUT2D eigenvalue weighted by molar-refractivity contribution is 5.81. The van der Waals surface area contributed by atoms with Crippen LogP contribution in [0.4, 0.5) is 13.2 Å². The molecule has 7 heteroatoms. The van der Waals surface area contributed by atoms with Crippen molar-refractivity contribution < 1.29 is 32.2 Å². The van der Waals surface area contributed by atoms with Gasteiger partial charge in [0.15, 0.2) is 17.3 Å². The van der Waals surface area contributed by atoms with E-state index in [2.05, 4.69) is 9.47 Å². The number of halogens is 3. The summed E-state index contributed by atoms with van der Waals surface area (Å²) in [6.07, 6.45) is -4.81. The summed E-state index contributed by atoms with van der Waals surface area (Å²) in [7, 11) is 1.33. The lowest BCUT2D eigenvalue weighted by atomic mass is 10.3. The van der Waals surface area contributed by atoms with Gasteiger partial charge in [0.25, 0.3) is 0 Å². The van der Waals surface area contributed by atoms with Gasteiger partial charge in [-0.2, -0.15) is 0 Å². The fourth-order valence-corrected chi connectivity index (χ4v) is 1.14. The molecule has 0 radical (unpaired) electrons. The van der Waals surface area contributed by atoms with Crippen molar-refractivity contribution in [2.24, 2.45) is 0 Å². The number of rotatable bonds is 6. The summed E-state index contributed by atoms with van der Waals surface area (Å²) in [5, 5.41) is 0. The first kappa shape index (κ1) is 14.3. The number of hydrogen-bond donors (Lipinski definition) is 0. The Hall–Kier alpha value is -1.76. The number of ether oxygens (including phenoxy) is 3. The number of Topliss-reactive ketones (excluding diaryl/α,β-unsaturated/α-hetero) is 1. The number of benzene rings is 1. The zero-order chi connectivity index (χ0) is 13.6. The third-order valence-corrected chi connectivity index (χ3v) is 1.77. The minimum absolute atomic E-state index is 0.153. The van der Waals surface area contributed by atoms with Crippen molar-refractivity contribution in [3.05, 3.63) is 24.3 Å². The van der Waals surface area contributed by atoms with Gasteiger partial charge in [-0.1, -0.05) is 12.1 Å². The molecule has 1 aromatic rings. The predicted octanol–water partition coefficient (Wildman–Crippen LogP) is 2.18. The van der Waals surface area contributed by atoms with Crippen LogP contribution in [-0.2, 0) is 9.53 Å². The fourth-order valence-electron chi connectivity index (χ4n) is 1.14. The van der Waals surface area contributed by atoms with Crippen molar-refractivity contribution in [1.29, 1.82) is 0 Å². The van der Waals surface area contributed by atoms with Crippen LogP contribution < -0.4 is 9.47 Å². The Bertz CT molecular complexity index is 404. The van der Waals surface area contributed by atoms with Crippen LogP contribution in [0, 0.1) is 0 Å². The van der Waals surface area contributed by atoms with Crippen molar-refractivity contribution in [2.75, 3.05) is 20.3 Å². The molecule has 0 saturated carbocycles. The summed E-state index contributed by atoms with van der Waals surface area (Å²) in [6, 6.07) is 5.22. The molecule has 0 atom stereocenters. The van der Waals surface area contributed by atoms with E-state index < -0.39 is 12.1 Å². The third-order valence-electron chi connectivity index (χ3n) is 1.77. The smallest absolute Gasteiger partial charge is 0.482 e. The maximum atomic E-state index is 12.1. The van der Waals surface area contributed by atoms with Gasteiger partial charge in [-0.15, -0.1) is 13.2 Å². The second-order valence-electron chi connectivity index (χ2n) is 3.25. The van der Waals surface area contributed by atoms with Crippen LogP contribution >= 0.6 is 0 Å². The van der Waals surface area contributed by atoms with E-state index in [4.69, 9.17) is 4.74 Å². The first-order chi connectivity index (χ1) is 8.42. The standard InChI is InChI=1S/C11H11F3O4/c1-16-6-8(15)7-17-9-4-2-3-5-10(9)18-11(12,13)14/h2-5H,6-7H2,1H3. The largest absolute Gasteiger partial charge is 0.573 e. The van der Waals surface area contributed by atoms with Gasteiger partial charge < -0.3 is 14.2 Å². The molecule has 0 amide bonds. The lowest BCUT2D eigenvalue weighted by Gasteiger charge is -2.13. The number of methoxy groups -OCH3 is 1. The third kappa shape index (κ3) is 5.05. The Kier molecular flexibility index (Phi) is 4.96. The van der Waals surface area contributed by atoms with Gasteiger partial charge in [-0.3, -0.25) is 4.79 Å². The zero-order valence-electron chi connectivity index (χ0n) is 9.49. The number of carbonyl (C=O) groups is 1. The van der Waals surface area contributed by atoms with Crippen LogP contribution in [0.1, 0.15) is 0 Å². The monoisotopic (exact) mass is 264 g/mol. The lowest BCUT2D eigenvalue weighted by Crippen LogP contribution is -2.19. The molecule has 0 aromatic heterocycles. The van der Waals surface area contributed by atoms with E-state index in [1.165, 1.54) is 25.3 Å². The Balaban J connectivity index is 2.67. The molecular weight excluding hydrogens is 253 g/mol. The molecule has 1 rings (SSSR count). The van der Waals surface area contributed by atoms with Crippen LogP contribution in [0.15, 0.2) is 24.3 Å². The second kappa shape index (κ2) is 6.25. The minimum Gasteiger partial charge on any atom is -0.482 e. The maximum Gasteiger partial charge on any atom is 0.573 e. The van der Waals surface area contributed by atoms with Crippen molar-refractivity contribution in [2.45, 2.75) is 6.36 Å². The van der Waals surface area contributed by atoms with Gasteiger partial charge in [-0.25, -0.2) is 0 Å². The zero-order valence-corrected chi connectivity index (χ0v) is 9.49. The van der Waals surface area contributed by atoms with Crippen LogP contribution in [-0.4, -0.2) is 32.5 Å². The Morgan fingerprint density at radius 2 is 1.78 bits per heavy atom. The molecule has 0 bridgehead atoms. The molecule has 100 valence electrons. The normalized spacial score (nSPS) is 11.1. The van der Waals surface area contributed by atoms with E-state index in [0.29, 0.717) is 0 Å². The van der Waals surface area contributed by atoms with Gasteiger partial charge in [0.1, 0.15) is 13.2 Å².